The summed E-state index contributed by atoms with van der Waals surface area (Å²) in [6.45, 7) is 3.65. The molecule has 1 fully saturated rings. The number of aromatic amines is 1. The molecular weight excluding hydrogens is 326 g/mol. The van der Waals surface area contributed by atoms with E-state index in [1.54, 1.807) is 0 Å². The first-order valence-electron chi connectivity index (χ1n) is 8.99. The molecule has 5 nitrogen and oxygen atoms in total. The Bertz CT molecular complexity index is 857. The van der Waals surface area contributed by atoms with Crippen LogP contribution in [-0.2, 0) is 11.3 Å². The molecule has 26 heavy (non-hydrogen) atoms. The second-order valence-corrected chi connectivity index (χ2v) is 6.79. The number of carbonyl (C=O) groups excluding carboxylic acids is 1. The zero-order valence-electron chi connectivity index (χ0n) is 14.8. The fourth-order valence-corrected chi connectivity index (χ4v) is 3.48. The Hall–Kier alpha value is -2.79. The molecular formula is C21H23N3O2. The van der Waals surface area contributed by atoms with E-state index >= 15 is 0 Å². The van der Waals surface area contributed by atoms with Gasteiger partial charge in [0.15, 0.2) is 0 Å². The van der Waals surface area contributed by atoms with Crippen molar-refractivity contribution >= 4 is 16.9 Å². The molecule has 1 saturated heterocycles. The molecule has 4 rings (SSSR count). The van der Waals surface area contributed by atoms with Gasteiger partial charge in [0.2, 0.25) is 0 Å². The second-order valence-electron chi connectivity index (χ2n) is 6.79. The van der Waals surface area contributed by atoms with Crippen molar-refractivity contribution in [3.8, 4) is 0 Å². The topological polar surface area (TPSA) is 57.4 Å². The molecule has 0 unspecified atom stereocenters. The van der Waals surface area contributed by atoms with E-state index in [1.807, 2.05) is 60.4 Å². The Labute approximate surface area is 153 Å². The van der Waals surface area contributed by atoms with Crippen LogP contribution in [0.2, 0.25) is 0 Å². The molecule has 0 aliphatic carbocycles. The molecule has 3 aromatic rings. The van der Waals surface area contributed by atoms with Gasteiger partial charge < -0.3 is 19.9 Å². The molecule has 2 heterocycles. The summed E-state index contributed by atoms with van der Waals surface area (Å²) in [5.74, 6) is 0. The molecule has 0 spiro atoms. The highest BCUT2D eigenvalue weighted by Gasteiger charge is 2.29. The molecule has 2 aromatic carbocycles. The zero-order chi connectivity index (χ0) is 17.9. The van der Waals surface area contributed by atoms with Crippen molar-refractivity contribution in [2.24, 2.45) is 0 Å². The number of para-hydroxylation sites is 1. The lowest BCUT2D eigenvalue weighted by atomic mass is 10.1. The smallest absolute Gasteiger partial charge is 0.317 e. The van der Waals surface area contributed by atoms with E-state index in [-0.39, 0.29) is 18.2 Å². The number of H-pyrrole nitrogens is 1. The van der Waals surface area contributed by atoms with Gasteiger partial charge in [-0.2, -0.15) is 0 Å². The number of urea groups is 1. The van der Waals surface area contributed by atoms with E-state index in [0.29, 0.717) is 19.6 Å². The number of rotatable bonds is 3. The Balaban J connectivity index is 1.40. The molecule has 2 amide bonds. The van der Waals surface area contributed by atoms with Gasteiger partial charge in [0, 0.05) is 17.8 Å². The van der Waals surface area contributed by atoms with Gasteiger partial charge in [-0.15, -0.1) is 0 Å². The van der Waals surface area contributed by atoms with Gasteiger partial charge in [-0.25, -0.2) is 4.79 Å². The van der Waals surface area contributed by atoms with Crippen molar-refractivity contribution in [2.75, 3.05) is 13.1 Å². The largest absolute Gasteiger partial charge is 0.367 e. The Morgan fingerprint density at radius 2 is 1.92 bits per heavy atom. The van der Waals surface area contributed by atoms with Crippen molar-refractivity contribution < 1.29 is 9.53 Å². The molecule has 134 valence electrons. The van der Waals surface area contributed by atoms with Crippen LogP contribution in [0.15, 0.2) is 60.7 Å². The first-order chi connectivity index (χ1) is 12.7. The van der Waals surface area contributed by atoms with E-state index in [0.717, 1.165) is 22.2 Å². The highest BCUT2D eigenvalue weighted by Crippen LogP contribution is 2.25. The molecule has 1 aromatic heterocycles. The second kappa shape index (κ2) is 7.22. The lowest BCUT2D eigenvalue weighted by molar-refractivity contribution is -0.0657. The highest BCUT2D eigenvalue weighted by molar-refractivity contribution is 5.80. The number of amides is 2. The van der Waals surface area contributed by atoms with Crippen LogP contribution >= 0.6 is 0 Å². The maximum atomic E-state index is 12.7. The lowest BCUT2D eigenvalue weighted by Gasteiger charge is -2.37. The number of hydrogen-bond acceptors (Lipinski definition) is 2. The summed E-state index contributed by atoms with van der Waals surface area (Å²) in [6.07, 6.45) is -0.0773. The Morgan fingerprint density at radius 3 is 2.73 bits per heavy atom. The lowest BCUT2D eigenvalue weighted by Crippen LogP contribution is -2.49. The maximum Gasteiger partial charge on any atom is 0.317 e. The van der Waals surface area contributed by atoms with E-state index < -0.39 is 0 Å². The molecule has 2 atom stereocenters. The maximum absolute atomic E-state index is 12.7. The summed E-state index contributed by atoms with van der Waals surface area (Å²) in [4.78, 5) is 17.8. The number of fused-ring (bicyclic) bond motifs is 1. The summed E-state index contributed by atoms with van der Waals surface area (Å²) < 4.78 is 6.03. The number of hydrogen-bond donors (Lipinski definition) is 2. The third-order valence-corrected chi connectivity index (χ3v) is 4.73. The van der Waals surface area contributed by atoms with Crippen LogP contribution in [0.5, 0.6) is 0 Å². The van der Waals surface area contributed by atoms with Crippen molar-refractivity contribution in [1.29, 1.82) is 0 Å². The van der Waals surface area contributed by atoms with Gasteiger partial charge in [0.1, 0.15) is 6.10 Å². The summed E-state index contributed by atoms with van der Waals surface area (Å²) in [7, 11) is 0. The van der Waals surface area contributed by atoms with Gasteiger partial charge in [0.25, 0.3) is 0 Å². The normalized spacial score (nSPS) is 20.3. The van der Waals surface area contributed by atoms with Crippen molar-refractivity contribution in [1.82, 2.24) is 15.2 Å². The number of ether oxygens (including phenoxy) is 1. The minimum Gasteiger partial charge on any atom is -0.367 e. The zero-order valence-corrected chi connectivity index (χ0v) is 14.8. The summed E-state index contributed by atoms with van der Waals surface area (Å²) in [5.41, 5.74) is 3.19. The van der Waals surface area contributed by atoms with Gasteiger partial charge in [0.05, 0.1) is 19.2 Å². The van der Waals surface area contributed by atoms with Crippen LogP contribution in [0.4, 0.5) is 4.79 Å². The van der Waals surface area contributed by atoms with Crippen molar-refractivity contribution in [2.45, 2.75) is 25.7 Å². The molecule has 0 saturated carbocycles. The molecule has 0 bridgehead atoms. The molecule has 1 aliphatic heterocycles. The van der Waals surface area contributed by atoms with Crippen molar-refractivity contribution in [3.05, 3.63) is 71.9 Å². The third-order valence-electron chi connectivity index (χ3n) is 4.73. The van der Waals surface area contributed by atoms with Crippen molar-refractivity contribution in [3.63, 3.8) is 0 Å². The number of aromatic nitrogens is 1. The van der Waals surface area contributed by atoms with Crippen LogP contribution in [0.25, 0.3) is 10.9 Å². The fraction of sp³-hybridized carbons (Fsp3) is 0.286. The standard InChI is InChI=1S/C21H23N3O2/c1-15-13-24(14-20(26-15)16-7-3-2-4-8-16)21(25)22-12-18-11-17-9-5-6-10-19(17)23-18/h2-11,15,20,23H,12-14H2,1H3,(H,22,25)/t15-,20+/m0/s1. The highest BCUT2D eigenvalue weighted by atomic mass is 16.5. The Morgan fingerprint density at radius 1 is 1.15 bits per heavy atom. The number of morpholine rings is 1. The predicted octanol–water partition coefficient (Wildman–Crippen LogP) is 3.84. The van der Waals surface area contributed by atoms with Crippen LogP contribution in [0.3, 0.4) is 0 Å². The summed E-state index contributed by atoms with van der Waals surface area (Å²) >= 11 is 0. The third kappa shape index (κ3) is 3.58. The molecule has 0 radical (unpaired) electrons. The first-order valence-corrected chi connectivity index (χ1v) is 8.99. The van der Waals surface area contributed by atoms with Crippen LogP contribution in [0.1, 0.15) is 24.3 Å². The quantitative estimate of drug-likeness (QED) is 0.755. The summed E-state index contributed by atoms with van der Waals surface area (Å²) in [6, 6.07) is 20.2. The van der Waals surface area contributed by atoms with Gasteiger partial charge in [-0.1, -0.05) is 48.5 Å². The van der Waals surface area contributed by atoms with Gasteiger partial charge in [-0.05, 0) is 30.0 Å². The number of benzene rings is 2. The minimum absolute atomic E-state index is 0.00721. The SMILES string of the molecule is C[C@H]1CN(C(=O)NCc2cc3ccccc3[nH]2)C[C@H](c2ccccc2)O1. The van der Waals surface area contributed by atoms with E-state index in [4.69, 9.17) is 4.74 Å². The average molecular weight is 349 g/mol. The molecule has 5 heteroatoms. The van der Waals surface area contributed by atoms with Gasteiger partial charge >= 0.3 is 6.03 Å². The van der Waals surface area contributed by atoms with Crippen LogP contribution < -0.4 is 5.32 Å². The van der Waals surface area contributed by atoms with E-state index in [9.17, 15) is 4.79 Å². The van der Waals surface area contributed by atoms with E-state index in [1.165, 1.54) is 0 Å². The first kappa shape index (κ1) is 16.7. The number of carbonyl (C=O) groups is 1. The molecule has 1 aliphatic rings. The van der Waals surface area contributed by atoms with E-state index in [2.05, 4.69) is 22.4 Å². The minimum atomic E-state index is -0.0845. The summed E-state index contributed by atoms with van der Waals surface area (Å²) in [5, 5.41) is 4.18. The number of nitrogens with one attached hydrogen (secondary N) is 2. The number of nitrogens with zero attached hydrogens (tertiary/aromatic N) is 1. The van der Waals surface area contributed by atoms with Crippen LogP contribution in [0, 0.1) is 0 Å². The predicted molar refractivity (Wildman–Crippen MR) is 102 cm³/mol. The average Bonchev–Trinajstić information content (AvgIpc) is 3.09. The van der Waals surface area contributed by atoms with Crippen LogP contribution in [-0.4, -0.2) is 35.1 Å². The Kier molecular flexibility index (Phi) is 4.63. The van der Waals surface area contributed by atoms with Gasteiger partial charge in [-0.3, -0.25) is 0 Å². The monoisotopic (exact) mass is 349 g/mol. The fourth-order valence-electron chi connectivity index (χ4n) is 3.48. The molecule has 2 N–H and O–H groups in total.